The lowest BCUT2D eigenvalue weighted by Gasteiger charge is -2.27. The van der Waals surface area contributed by atoms with Crippen LogP contribution in [0.4, 0.5) is 0 Å². The molecule has 1 fully saturated rings. The molecule has 2 aliphatic rings. The summed E-state index contributed by atoms with van der Waals surface area (Å²) in [5, 5.41) is 7.13. The van der Waals surface area contributed by atoms with Crippen LogP contribution in [0.5, 0.6) is 0 Å². The number of carbonyl (C=O) groups excluding carboxylic acids is 1. The Hall–Kier alpha value is -2.96. The lowest BCUT2D eigenvalue weighted by atomic mass is 10.1. The Morgan fingerprint density at radius 1 is 1.28 bits per heavy atom. The number of carbonyl (C=O) groups is 1. The van der Waals surface area contributed by atoms with Crippen molar-refractivity contribution in [1.82, 2.24) is 24.5 Å². The summed E-state index contributed by atoms with van der Waals surface area (Å²) in [6.07, 6.45) is 4.60. The summed E-state index contributed by atoms with van der Waals surface area (Å²) >= 11 is 0. The van der Waals surface area contributed by atoms with Crippen molar-refractivity contribution >= 4 is 11.6 Å². The summed E-state index contributed by atoms with van der Waals surface area (Å²) < 4.78 is 1.53. The second-order valence-corrected chi connectivity index (χ2v) is 6.73. The van der Waals surface area contributed by atoms with E-state index >= 15 is 0 Å². The largest absolute Gasteiger partial charge is 0.332 e. The average Bonchev–Trinajstić information content (AvgIpc) is 3.38. The van der Waals surface area contributed by atoms with Gasteiger partial charge in [-0.25, -0.2) is 4.98 Å². The van der Waals surface area contributed by atoms with Gasteiger partial charge in [-0.15, -0.1) is 0 Å². The summed E-state index contributed by atoms with van der Waals surface area (Å²) in [7, 11) is 0. The minimum Gasteiger partial charge on any atom is -0.332 e. The first-order valence-corrected chi connectivity index (χ1v) is 8.54. The maximum atomic E-state index is 12.8. The molecule has 0 aromatic carbocycles. The van der Waals surface area contributed by atoms with Crippen molar-refractivity contribution < 1.29 is 4.79 Å². The van der Waals surface area contributed by atoms with E-state index in [2.05, 4.69) is 15.2 Å². The van der Waals surface area contributed by atoms with Gasteiger partial charge in [0.15, 0.2) is 0 Å². The topological polar surface area (TPSA) is 83.4 Å². The third-order valence-corrected chi connectivity index (χ3v) is 5.00. The average molecular weight is 335 g/mol. The van der Waals surface area contributed by atoms with Crippen molar-refractivity contribution in [2.45, 2.75) is 31.7 Å². The maximum absolute atomic E-state index is 12.8. The highest BCUT2D eigenvalue weighted by molar-refractivity contribution is 5.92. The number of nitrogens with one attached hydrogen (secondary N) is 1. The molecule has 1 N–H and O–H groups in total. The quantitative estimate of drug-likeness (QED) is 0.769. The van der Waals surface area contributed by atoms with Crippen molar-refractivity contribution in [1.29, 1.82) is 0 Å². The summed E-state index contributed by atoms with van der Waals surface area (Å²) in [6.45, 7) is 0.830. The predicted octanol–water partition coefficient (Wildman–Crippen LogP) is 1.49. The lowest BCUT2D eigenvalue weighted by molar-refractivity contribution is 0.0726. The summed E-state index contributed by atoms with van der Waals surface area (Å²) in [6, 6.07) is 7.34. The summed E-state index contributed by atoms with van der Waals surface area (Å²) in [5.41, 5.74) is 3.40. The van der Waals surface area contributed by atoms with E-state index in [0.29, 0.717) is 35.8 Å². The van der Waals surface area contributed by atoms with Gasteiger partial charge in [0.2, 0.25) is 0 Å². The van der Waals surface area contributed by atoms with Gasteiger partial charge in [0.25, 0.3) is 11.5 Å². The Morgan fingerprint density at radius 2 is 2.16 bits per heavy atom. The summed E-state index contributed by atoms with van der Waals surface area (Å²) in [4.78, 5) is 31.8. The number of fused-ring (bicyclic) bond motifs is 2. The van der Waals surface area contributed by atoms with E-state index in [1.54, 1.807) is 17.2 Å². The Morgan fingerprint density at radius 3 is 3.00 bits per heavy atom. The van der Waals surface area contributed by atoms with E-state index in [-0.39, 0.29) is 18.0 Å². The molecule has 4 heterocycles. The normalized spacial score (nSPS) is 16.9. The molecule has 0 saturated heterocycles. The summed E-state index contributed by atoms with van der Waals surface area (Å²) in [5.74, 6) is 0.391. The van der Waals surface area contributed by atoms with Crippen LogP contribution in [-0.2, 0) is 13.0 Å². The van der Waals surface area contributed by atoms with Crippen LogP contribution in [0.1, 0.15) is 46.2 Å². The molecular formula is C18H17N5O2. The van der Waals surface area contributed by atoms with Gasteiger partial charge in [0, 0.05) is 30.8 Å². The SMILES string of the molecule is O=C(c1cc(C2CC2)[nH]n1)N1CCc2nc3ccccn3c(=O)c2C1. The number of H-pyrrole nitrogens is 1. The Kier molecular flexibility index (Phi) is 3.03. The highest BCUT2D eigenvalue weighted by Gasteiger charge is 2.30. The van der Waals surface area contributed by atoms with E-state index in [1.165, 1.54) is 4.40 Å². The molecule has 0 unspecified atom stereocenters. The number of aromatic amines is 1. The van der Waals surface area contributed by atoms with Crippen LogP contribution in [0.2, 0.25) is 0 Å². The maximum Gasteiger partial charge on any atom is 0.274 e. The molecule has 0 atom stereocenters. The highest BCUT2D eigenvalue weighted by Crippen LogP contribution is 2.39. The molecule has 1 aliphatic heterocycles. The second-order valence-electron chi connectivity index (χ2n) is 6.73. The van der Waals surface area contributed by atoms with Crippen molar-refractivity contribution in [3.8, 4) is 0 Å². The number of hydrogen-bond acceptors (Lipinski definition) is 4. The van der Waals surface area contributed by atoms with Crippen molar-refractivity contribution in [3.05, 3.63) is 63.5 Å². The van der Waals surface area contributed by atoms with Crippen molar-refractivity contribution in [2.75, 3.05) is 6.54 Å². The smallest absolute Gasteiger partial charge is 0.274 e. The van der Waals surface area contributed by atoms with Gasteiger partial charge >= 0.3 is 0 Å². The van der Waals surface area contributed by atoms with Crippen LogP contribution in [0, 0.1) is 0 Å². The molecule has 25 heavy (non-hydrogen) atoms. The van der Waals surface area contributed by atoms with Crippen LogP contribution in [0.3, 0.4) is 0 Å². The van der Waals surface area contributed by atoms with Crippen molar-refractivity contribution in [2.24, 2.45) is 0 Å². The molecule has 3 aromatic heterocycles. The van der Waals surface area contributed by atoms with E-state index in [9.17, 15) is 9.59 Å². The molecule has 0 radical (unpaired) electrons. The zero-order valence-electron chi connectivity index (χ0n) is 13.6. The van der Waals surface area contributed by atoms with Gasteiger partial charge in [0.1, 0.15) is 11.3 Å². The molecule has 7 heteroatoms. The van der Waals surface area contributed by atoms with E-state index in [0.717, 1.165) is 24.2 Å². The third kappa shape index (κ3) is 2.34. The number of amides is 1. The molecule has 1 amide bonds. The van der Waals surface area contributed by atoms with Crippen LogP contribution >= 0.6 is 0 Å². The van der Waals surface area contributed by atoms with E-state index in [1.807, 2.05) is 18.2 Å². The fraction of sp³-hybridized carbons (Fsp3) is 0.333. The number of pyridine rings is 1. The highest BCUT2D eigenvalue weighted by atomic mass is 16.2. The molecular weight excluding hydrogens is 318 g/mol. The first-order valence-electron chi connectivity index (χ1n) is 8.54. The Balaban J connectivity index is 1.47. The molecule has 0 spiro atoms. The molecule has 126 valence electrons. The first kappa shape index (κ1) is 14.4. The number of rotatable bonds is 2. The van der Waals surface area contributed by atoms with Gasteiger partial charge in [-0.1, -0.05) is 6.07 Å². The Labute approximate surface area is 143 Å². The Bertz CT molecular complexity index is 1050. The number of hydrogen-bond donors (Lipinski definition) is 1. The van der Waals surface area contributed by atoms with Crippen LogP contribution in [0.25, 0.3) is 5.65 Å². The zero-order chi connectivity index (χ0) is 17.0. The fourth-order valence-corrected chi connectivity index (χ4v) is 3.43. The van der Waals surface area contributed by atoms with Gasteiger partial charge < -0.3 is 4.90 Å². The van der Waals surface area contributed by atoms with E-state index in [4.69, 9.17) is 0 Å². The van der Waals surface area contributed by atoms with E-state index < -0.39 is 0 Å². The standard InChI is InChI=1S/C18H17N5O2/c24-17-12-10-22(18(25)15-9-14(20-21-15)11-4-5-11)8-6-13(12)19-16-3-1-2-7-23(16)17/h1-3,7,9,11H,4-6,8,10H2,(H,20,21). The zero-order valence-corrected chi connectivity index (χ0v) is 13.6. The molecule has 1 saturated carbocycles. The fourth-order valence-electron chi connectivity index (χ4n) is 3.43. The van der Waals surface area contributed by atoms with Gasteiger partial charge in [-0.05, 0) is 31.0 Å². The molecule has 5 rings (SSSR count). The van der Waals surface area contributed by atoms with Crippen LogP contribution in [0.15, 0.2) is 35.3 Å². The van der Waals surface area contributed by atoms with Gasteiger partial charge in [-0.3, -0.25) is 19.1 Å². The minimum atomic E-state index is -0.133. The van der Waals surface area contributed by atoms with Crippen molar-refractivity contribution in [3.63, 3.8) is 0 Å². The van der Waals surface area contributed by atoms with Crippen LogP contribution in [-0.4, -0.2) is 36.9 Å². The third-order valence-electron chi connectivity index (χ3n) is 5.00. The van der Waals surface area contributed by atoms with Crippen LogP contribution < -0.4 is 5.56 Å². The second kappa shape index (κ2) is 5.27. The lowest BCUT2D eigenvalue weighted by Crippen LogP contribution is -2.40. The molecule has 0 bridgehead atoms. The first-order chi connectivity index (χ1) is 12.2. The van der Waals surface area contributed by atoms with Gasteiger partial charge in [0.05, 0.1) is 17.8 Å². The molecule has 1 aliphatic carbocycles. The number of aromatic nitrogens is 4. The minimum absolute atomic E-state index is 0.0983. The monoisotopic (exact) mass is 335 g/mol. The number of nitrogens with zero attached hydrogens (tertiary/aromatic N) is 4. The predicted molar refractivity (Wildman–Crippen MR) is 90.5 cm³/mol. The molecule has 3 aromatic rings. The molecule has 7 nitrogen and oxygen atoms in total. The van der Waals surface area contributed by atoms with Gasteiger partial charge in [-0.2, -0.15) is 5.10 Å².